The van der Waals surface area contributed by atoms with Gasteiger partial charge in [-0.2, -0.15) is 13.2 Å². The Kier molecular flexibility index (Phi) is 5.76. The van der Waals surface area contributed by atoms with Crippen LogP contribution in [0.5, 0.6) is 0 Å². The predicted molar refractivity (Wildman–Crippen MR) is 69.7 cm³/mol. The number of benzene rings is 1. The van der Waals surface area contributed by atoms with Crippen LogP contribution >= 0.6 is 0 Å². The zero-order valence-electron chi connectivity index (χ0n) is 11.2. The minimum atomic E-state index is -4.47. The second kappa shape index (κ2) is 7.09. The number of carbonyl (C=O) groups is 1. The van der Waals surface area contributed by atoms with E-state index in [4.69, 9.17) is 0 Å². The highest BCUT2D eigenvalue weighted by molar-refractivity contribution is 5.90. The lowest BCUT2D eigenvalue weighted by Crippen LogP contribution is -2.28. The van der Waals surface area contributed by atoms with Gasteiger partial charge in [0.25, 0.3) is 5.91 Å². The van der Waals surface area contributed by atoms with Crippen molar-refractivity contribution in [3.63, 3.8) is 0 Å². The number of hydrogen-bond donors (Lipinski definition) is 1. The molecule has 0 unspecified atom stereocenters. The molecule has 0 aliphatic heterocycles. The third kappa shape index (κ3) is 6.38. The van der Waals surface area contributed by atoms with Crippen molar-refractivity contribution in [3.8, 4) is 0 Å². The van der Waals surface area contributed by atoms with Crippen LogP contribution in [-0.2, 0) is 9.63 Å². The zero-order valence-corrected chi connectivity index (χ0v) is 11.2. The molecule has 1 amide bonds. The van der Waals surface area contributed by atoms with Gasteiger partial charge in [0, 0.05) is 6.08 Å². The van der Waals surface area contributed by atoms with Crippen molar-refractivity contribution in [1.82, 2.24) is 5.48 Å². The van der Waals surface area contributed by atoms with E-state index in [2.05, 4.69) is 18.7 Å². The normalized spacial score (nSPS) is 12.1. The average Bonchev–Trinajstić information content (AvgIpc) is 2.35. The second-order valence-corrected chi connectivity index (χ2v) is 4.52. The quantitative estimate of drug-likeness (QED) is 0.665. The number of hydrogen-bond acceptors (Lipinski definition) is 2. The molecule has 0 aliphatic carbocycles. The molecule has 0 heterocycles. The van der Waals surface area contributed by atoms with Crippen molar-refractivity contribution < 1.29 is 22.8 Å². The molecule has 0 radical (unpaired) electrons. The molecule has 1 N–H and O–H groups in total. The summed E-state index contributed by atoms with van der Waals surface area (Å²) in [5.41, 5.74) is 3.64. The van der Waals surface area contributed by atoms with E-state index in [1.165, 1.54) is 11.6 Å². The van der Waals surface area contributed by atoms with E-state index < -0.39 is 18.7 Å². The molecule has 1 aromatic carbocycles. The van der Waals surface area contributed by atoms with Crippen LogP contribution in [0.4, 0.5) is 13.2 Å². The number of amides is 1. The SMILES string of the molecule is CC(C)c1ccc(/C=C/C(=O)NOCC(F)(F)F)cc1. The minimum absolute atomic E-state index is 0.409. The second-order valence-electron chi connectivity index (χ2n) is 4.52. The topological polar surface area (TPSA) is 38.3 Å². The monoisotopic (exact) mass is 287 g/mol. The summed E-state index contributed by atoms with van der Waals surface area (Å²) in [6.07, 6.45) is -1.86. The predicted octanol–water partition coefficient (Wildman–Crippen LogP) is 3.43. The molecule has 0 saturated carbocycles. The Morgan fingerprint density at radius 3 is 2.40 bits per heavy atom. The van der Waals surface area contributed by atoms with Crippen LogP contribution in [-0.4, -0.2) is 18.7 Å². The van der Waals surface area contributed by atoms with Gasteiger partial charge in [0.15, 0.2) is 6.61 Å². The fourth-order valence-electron chi connectivity index (χ4n) is 1.39. The van der Waals surface area contributed by atoms with Crippen LogP contribution in [0.1, 0.15) is 30.9 Å². The summed E-state index contributed by atoms with van der Waals surface area (Å²) in [4.78, 5) is 15.2. The first kappa shape index (κ1) is 16.2. The fraction of sp³-hybridized carbons (Fsp3) is 0.357. The van der Waals surface area contributed by atoms with E-state index in [0.717, 1.165) is 11.6 Å². The molecule has 0 atom stereocenters. The molecule has 20 heavy (non-hydrogen) atoms. The maximum atomic E-state index is 11.8. The van der Waals surface area contributed by atoms with Crippen LogP contribution in [0.25, 0.3) is 6.08 Å². The largest absolute Gasteiger partial charge is 0.414 e. The van der Waals surface area contributed by atoms with Crippen LogP contribution in [0, 0.1) is 0 Å². The standard InChI is InChI=1S/C14H16F3NO2/c1-10(2)12-6-3-11(4-7-12)5-8-13(19)18-20-9-14(15,16)17/h3-8,10H,9H2,1-2H3,(H,18,19)/b8-5+. The first-order valence-electron chi connectivity index (χ1n) is 6.04. The van der Waals surface area contributed by atoms with Gasteiger partial charge in [-0.05, 0) is 23.1 Å². The summed E-state index contributed by atoms with van der Waals surface area (Å²) >= 11 is 0. The number of nitrogens with one attached hydrogen (secondary N) is 1. The van der Waals surface area contributed by atoms with Gasteiger partial charge in [0.2, 0.25) is 0 Å². The third-order valence-electron chi connectivity index (χ3n) is 2.44. The summed E-state index contributed by atoms with van der Waals surface area (Å²) < 4.78 is 35.3. The van der Waals surface area contributed by atoms with Gasteiger partial charge in [0.05, 0.1) is 0 Å². The summed E-state index contributed by atoms with van der Waals surface area (Å²) in [6, 6.07) is 7.52. The Morgan fingerprint density at radius 1 is 1.30 bits per heavy atom. The maximum Gasteiger partial charge on any atom is 0.414 e. The van der Waals surface area contributed by atoms with Crippen molar-refractivity contribution in [3.05, 3.63) is 41.5 Å². The van der Waals surface area contributed by atoms with E-state index >= 15 is 0 Å². The Balaban J connectivity index is 2.45. The zero-order chi connectivity index (χ0) is 15.2. The molecule has 1 rings (SSSR count). The van der Waals surface area contributed by atoms with E-state index in [1.54, 1.807) is 5.48 Å². The molecule has 110 valence electrons. The highest BCUT2D eigenvalue weighted by Gasteiger charge is 2.28. The van der Waals surface area contributed by atoms with Crippen LogP contribution < -0.4 is 5.48 Å². The average molecular weight is 287 g/mol. The summed E-state index contributed by atoms with van der Waals surface area (Å²) in [5.74, 6) is -0.339. The van der Waals surface area contributed by atoms with E-state index in [9.17, 15) is 18.0 Å². The molecular weight excluding hydrogens is 271 g/mol. The Labute approximate surface area is 115 Å². The number of carbonyl (C=O) groups excluding carboxylic acids is 1. The third-order valence-corrected chi connectivity index (χ3v) is 2.44. The van der Waals surface area contributed by atoms with Gasteiger partial charge < -0.3 is 0 Å². The van der Waals surface area contributed by atoms with Crippen LogP contribution in [0.3, 0.4) is 0 Å². The van der Waals surface area contributed by atoms with Crippen LogP contribution in [0.15, 0.2) is 30.3 Å². The molecule has 0 bridgehead atoms. The fourth-order valence-corrected chi connectivity index (χ4v) is 1.39. The minimum Gasteiger partial charge on any atom is -0.268 e. The van der Waals surface area contributed by atoms with Crippen molar-refractivity contribution in [2.24, 2.45) is 0 Å². The molecule has 0 spiro atoms. The van der Waals surface area contributed by atoms with Gasteiger partial charge in [0.1, 0.15) is 0 Å². The first-order chi connectivity index (χ1) is 9.28. The van der Waals surface area contributed by atoms with E-state index in [1.807, 2.05) is 24.3 Å². The molecule has 1 aromatic rings. The molecule has 0 aliphatic rings. The summed E-state index contributed by atoms with van der Waals surface area (Å²) in [7, 11) is 0. The van der Waals surface area contributed by atoms with Crippen molar-refractivity contribution in [1.29, 1.82) is 0 Å². The van der Waals surface area contributed by atoms with E-state index in [0.29, 0.717) is 5.92 Å². The maximum absolute atomic E-state index is 11.8. The van der Waals surface area contributed by atoms with Crippen molar-refractivity contribution in [2.45, 2.75) is 25.9 Å². The lowest BCUT2D eigenvalue weighted by molar-refractivity contribution is -0.190. The van der Waals surface area contributed by atoms with Gasteiger partial charge in [-0.1, -0.05) is 38.1 Å². The Hall–Kier alpha value is -1.82. The highest BCUT2D eigenvalue weighted by atomic mass is 19.4. The summed E-state index contributed by atoms with van der Waals surface area (Å²) in [6.45, 7) is 2.61. The van der Waals surface area contributed by atoms with E-state index in [-0.39, 0.29) is 0 Å². The lowest BCUT2D eigenvalue weighted by atomic mass is 10.0. The smallest absolute Gasteiger partial charge is 0.268 e. The number of alkyl halides is 3. The van der Waals surface area contributed by atoms with Crippen LogP contribution in [0.2, 0.25) is 0 Å². The number of rotatable bonds is 5. The Morgan fingerprint density at radius 2 is 1.90 bits per heavy atom. The molecule has 3 nitrogen and oxygen atoms in total. The molecular formula is C14H16F3NO2. The van der Waals surface area contributed by atoms with Gasteiger partial charge in [-0.3, -0.25) is 9.63 Å². The number of hydroxylamine groups is 1. The number of halogens is 3. The Bertz CT molecular complexity index is 464. The highest BCUT2D eigenvalue weighted by Crippen LogP contribution is 2.15. The molecule has 0 aromatic heterocycles. The van der Waals surface area contributed by atoms with Crippen molar-refractivity contribution >= 4 is 12.0 Å². The molecule has 0 fully saturated rings. The summed E-state index contributed by atoms with van der Waals surface area (Å²) in [5, 5.41) is 0. The van der Waals surface area contributed by atoms with Gasteiger partial charge in [-0.15, -0.1) is 0 Å². The van der Waals surface area contributed by atoms with Gasteiger partial charge >= 0.3 is 6.18 Å². The molecule has 0 saturated heterocycles. The van der Waals surface area contributed by atoms with Gasteiger partial charge in [-0.25, -0.2) is 5.48 Å². The molecule has 6 heteroatoms. The lowest BCUT2D eigenvalue weighted by Gasteiger charge is -2.06. The first-order valence-corrected chi connectivity index (χ1v) is 6.04. The van der Waals surface area contributed by atoms with Crippen molar-refractivity contribution in [2.75, 3.05) is 6.61 Å².